The maximum atomic E-state index is 12.1. The van der Waals surface area contributed by atoms with Crippen LogP contribution in [0.3, 0.4) is 0 Å². The average molecular weight is 309 g/mol. The van der Waals surface area contributed by atoms with Crippen molar-refractivity contribution in [3.63, 3.8) is 0 Å². The van der Waals surface area contributed by atoms with E-state index in [1.165, 1.54) is 5.56 Å². The first-order valence-corrected chi connectivity index (χ1v) is 7.59. The number of hydrogen-bond acceptors (Lipinski definition) is 4. The van der Waals surface area contributed by atoms with E-state index in [0.29, 0.717) is 17.8 Å². The molecule has 23 heavy (non-hydrogen) atoms. The Bertz CT molecular complexity index is 956. The Morgan fingerprint density at radius 3 is 2.26 bits per heavy atom. The van der Waals surface area contributed by atoms with Gasteiger partial charge in [0.1, 0.15) is 11.5 Å². The Morgan fingerprint density at radius 2 is 1.61 bits per heavy atom. The second-order valence-corrected chi connectivity index (χ2v) is 6.03. The molecule has 0 amide bonds. The van der Waals surface area contributed by atoms with E-state index in [1.807, 2.05) is 52.0 Å². The Labute approximate surface area is 134 Å². The fraction of sp³-hybridized carbons (Fsp3) is 0.263. The summed E-state index contributed by atoms with van der Waals surface area (Å²) in [6.45, 7) is 8.24. The van der Waals surface area contributed by atoms with E-state index in [0.717, 1.165) is 28.2 Å². The van der Waals surface area contributed by atoms with Crippen molar-refractivity contribution in [1.29, 1.82) is 0 Å². The summed E-state index contributed by atoms with van der Waals surface area (Å²) in [6.07, 6.45) is 0. The molecule has 0 aliphatic heterocycles. The van der Waals surface area contributed by atoms with Gasteiger partial charge in [0.25, 0.3) is 0 Å². The molecular formula is C19H19NO3. The van der Waals surface area contributed by atoms with Crippen LogP contribution >= 0.6 is 0 Å². The number of rotatable bonds is 4. The lowest BCUT2D eigenvalue weighted by Crippen LogP contribution is -2.36. The van der Waals surface area contributed by atoms with Crippen LogP contribution < -0.4 is 16.2 Å². The summed E-state index contributed by atoms with van der Waals surface area (Å²) >= 11 is 0. The van der Waals surface area contributed by atoms with E-state index in [9.17, 15) is 9.59 Å². The molecule has 1 heterocycles. The molecule has 0 fully saturated rings. The quantitative estimate of drug-likeness (QED) is 0.751. The van der Waals surface area contributed by atoms with Gasteiger partial charge in [0, 0.05) is 0 Å². The number of hydrogen-bond donors (Lipinski definition) is 1. The molecule has 1 N–H and O–H groups in total. The van der Waals surface area contributed by atoms with Gasteiger partial charge in [-0.1, -0.05) is 12.1 Å². The highest BCUT2D eigenvalue weighted by molar-refractivity contribution is 5.84. The van der Waals surface area contributed by atoms with E-state index >= 15 is 0 Å². The molecular weight excluding hydrogens is 290 g/mol. The largest absolute Gasteiger partial charge is 0.465 e. The normalized spacial score (nSPS) is 11.1. The highest BCUT2D eigenvalue weighted by Gasteiger charge is 2.23. The van der Waals surface area contributed by atoms with Gasteiger partial charge in [0.05, 0.1) is 17.8 Å². The Balaban J connectivity index is 1.96. The maximum Gasteiger partial charge on any atom is 0.250 e. The summed E-state index contributed by atoms with van der Waals surface area (Å²) in [5.41, 5.74) is 4.09. The fourth-order valence-corrected chi connectivity index (χ4v) is 2.80. The van der Waals surface area contributed by atoms with Crippen LogP contribution in [0.2, 0.25) is 0 Å². The predicted octanol–water partition coefficient (Wildman–Crippen LogP) is 3.39. The zero-order valence-corrected chi connectivity index (χ0v) is 13.7. The van der Waals surface area contributed by atoms with E-state index in [1.54, 1.807) is 0 Å². The third-order valence-electron chi connectivity index (χ3n) is 4.26. The van der Waals surface area contributed by atoms with Gasteiger partial charge in [-0.2, -0.15) is 0 Å². The topological polar surface area (TPSA) is 59.3 Å². The number of furan rings is 1. The van der Waals surface area contributed by atoms with Crippen molar-refractivity contribution in [1.82, 2.24) is 0 Å². The molecule has 0 saturated carbocycles. The number of benzene rings is 1. The maximum absolute atomic E-state index is 12.1. The Hall–Kier alpha value is -2.62. The summed E-state index contributed by atoms with van der Waals surface area (Å²) in [7, 11) is 0. The molecule has 0 atom stereocenters. The minimum atomic E-state index is -0.457. The van der Waals surface area contributed by atoms with Gasteiger partial charge in [0.2, 0.25) is 10.9 Å². The van der Waals surface area contributed by atoms with Crippen LogP contribution in [-0.2, 0) is 6.54 Å². The minimum Gasteiger partial charge on any atom is -0.465 e. The molecule has 0 unspecified atom stereocenters. The van der Waals surface area contributed by atoms with Gasteiger partial charge in [-0.05, 0) is 62.1 Å². The van der Waals surface area contributed by atoms with Crippen molar-refractivity contribution in [2.45, 2.75) is 34.2 Å². The van der Waals surface area contributed by atoms with Gasteiger partial charge in [-0.15, -0.1) is 0 Å². The first-order valence-electron chi connectivity index (χ1n) is 7.59. The van der Waals surface area contributed by atoms with Crippen molar-refractivity contribution in [3.8, 4) is 11.1 Å². The fourth-order valence-electron chi connectivity index (χ4n) is 2.80. The van der Waals surface area contributed by atoms with Crippen molar-refractivity contribution in [2.24, 2.45) is 0 Å². The summed E-state index contributed by atoms with van der Waals surface area (Å²) in [5, 5.41) is 3.05. The van der Waals surface area contributed by atoms with Gasteiger partial charge in [-0.25, -0.2) is 0 Å². The highest BCUT2D eigenvalue weighted by Crippen LogP contribution is 2.29. The number of anilines is 1. The monoisotopic (exact) mass is 309 g/mol. The van der Waals surface area contributed by atoms with Crippen LogP contribution in [0.15, 0.2) is 38.3 Å². The minimum absolute atomic E-state index is 0.385. The van der Waals surface area contributed by atoms with Crippen molar-refractivity contribution < 1.29 is 4.42 Å². The molecule has 3 rings (SSSR count). The zero-order valence-electron chi connectivity index (χ0n) is 13.7. The Kier molecular flexibility index (Phi) is 3.68. The molecule has 4 nitrogen and oxygen atoms in total. The van der Waals surface area contributed by atoms with Crippen molar-refractivity contribution in [3.05, 3.63) is 72.9 Å². The van der Waals surface area contributed by atoms with Crippen LogP contribution in [0, 0.1) is 27.7 Å². The summed E-state index contributed by atoms with van der Waals surface area (Å²) < 4.78 is 5.48. The molecule has 3 aromatic rings. The van der Waals surface area contributed by atoms with Gasteiger partial charge in [0.15, 0.2) is 0 Å². The highest BCUT2D eigenvalue weighted by atomic mass is 16.3. The standard InChI is InChI=1S/C19H19NO3/c1-10-7-12(3)15(8-11(10)2)16-17(19(22)18(16)21)20-9-14-6-5-13(4)23-14/h5-8,20H,9H2,1-4H3. The lowest BCUT2D eigenvalue weighted by molar-refractivity contribution is 0.490. The Morgan fingerprint density at radius 1 is 0.913 bits per heavy atom. The van der Waals surface area contributed by atoms with Crippen LogP contribution in [0.25, 0.3) is 11.1 Å². The third kappa shape index (κ3) is 2.61. The summed E-state index contributed by atoms with van der Waals surface area (Å²) in [4.78, 5) is 24.0. The van der Waals surface area contributed by atoms with E-state index < -0.39 is 10.9 Å². The van der Waals surface area contributed by atoms with E-state index in [2.05, 4.69) is 5.32 Å². The molecule has 0 aliphatic rings. The van der Waals surface area contributed by atoms with Crippen molar-refractivity contribution in [2.75, 3.05) is 5.32 Å². The van der Waals surface area contributed by atoms with Crippen molar-refractivity contribution >= 4 is 5.69 Å². The molecule has 0 saturated heterocycles. The third-order valence-corrected chi connectivity index (χ3v) is 4.26. The zero-order chi connectivity index (χ0) is 16.7. The van der Waals surface area contributed by atoms with Gasteiger partial charge < -0.3 is 9.73 Å². The smallest absolute Gasteiger partial charge is 0.250 e. The molecule has 1 aromatic heterocycles. The molecule has 4 heteroatoms. The van der Waals surface area contributed by atoms with E-state index in [-0.39, 0.29) is 0 Å². The average Bonchev–Trinajstić information content (AvgIpc) is 2.92. The molecule has 118 valence electrons. The van der Waals surface area contributed by atoms with Crippen LogP contribution in [0.4, 0.5) is 5.69 Å². The lowest BCUT2D eigenvalue weighted by Gasteiger charge is -2.16. The van der Waals surface area contributed by atoms with Crippen LogP contribution in [-0.4, -0.2) is 0 Å². The molecule has 2 aromatic carbocycles. The number of aryl methyl sites for hydroxylation is 4. The van der Waals surface area contributed by atoms with E-state index in [4.69, 9.17) is 4.42 Å². The van der Waals surface area contributed by atoms with Crippen LogP contribution in [0.1, 0.15) is 28.2 Å². The molecule has 0 bridgehead atoms. The van der Waals surface area contributed by atoms with Gasteiger partial charge in [-0.3, -0.25) is 9.59 Å². The molecule has 0 radical (unpaired) electrons. The SMILES string of the molecule is Cc1ccc(CNc2c(-c3cc(C)c(C)cc3C)c(=O)c2=O)o1. The summed E-state index contributed by atoms with van der Waals surface area (Å²) in [6, 6.07) is 7.74. The van der Waals surface area contributed by atoms with Gasteiger partial charge >= 0.3 is 0 Å². The van der Waals surface area contributed by atoms with Crippen LogP contribution in [0.5, 0.6) is 0 Å². The predicted molar refractivity (Wildman–Crippen MR) is 91.8 cm³/mol. The molecule has 0 spiro atoms. The second-order valence-electron chi connectivity index (χ2n) is 6.03. The first kappa shape index (κ1) is 15.3. The first-order chi connectivity index (χ1) is 10.9. The lowest BCUT2D eigenvalue weighted by atomic mass is 9.91. The number of nitrogens with one attached hydrogen (secondary N) is 1. The second kappa shape index (κ2) is 5.54. The molecule has 0 aliphatic carbocycles. The summed E-state index contributed by atoms with van der Waals surface area (Å²) in [5.74, 6) is 1.55.